The van der Waals surface area contributed by atoms with Gasteiger partial charge in [0.05, 0.1) is 0 Å². The maximum atomic E-state index is 8.00. The van der Waals surface area contributed by atoms with Crippen molar-refractivity contribution in [3.63, 3.8) is 0 Å². The van der Waals surface area contributed by atoms with Crippen LogP contribution in [-0.4, -0.2) is 14.1 Å². The highest BCUT2D eigenvalue weighted by atomic mass is 27.2. The van der Waals surface area contributed by atoms with Crippen molar-refractivity contribution in [2.75, 3.05) is 0 Å². The van der Waals surface area contributed by atoms with Crippen LogP contribution in [0.3, 0.4) is 0 Å². The van der Waals surface area contributed by atoms with E-state index in [-0.39, 0.29) is 14.1 Å². The molecule has 0 amide bonds. The number of hydrogen-bond donors (Lipinski definition) is 0. The van der Waals surface area contributed by atoms with E-state index in [1.807, 2.05) is 0 Å². The fourth-order valence-electron chi connectivity index (χ4n) is 0. The monoisotopic (exact) mass is 118 g/mol. The Kier molecular flexibility index (Phi) is 13.4. The van der Waals surface area contributed by atoms with Gasteiger partial charge in [0, 0.05) is 0 Å². The van der Waals surface area contributed by atoms with E-state index in [0.29, 0.717) is 0 Å². The molecule has 0 aromatic rings. The van der Waals surface area contributed by atoms with Gasteiger partial charge in [0.1, 0.15) is 0 Å². The second kappa shape index (κ2) is 9.33. The fourth-order valence-corrected chi connectivity index (χ4v) is 0. The Hall–Kier alpha value is -0.0675. The third-order valence-electron chi connectivity index (χ3n) is 0. The van der Waals surface area contributed by atoms with Crippen molar-refractivity contribution in [3.05, 3.63) is 10.1 Å². The van der Waals surface area contributed by atoms with Crippen LogP contribution in [0.4, 0.5) is 0 Å². The molecule has 0 spiro atoms. The minimum atomic E-state index is -0.139. The van der Waals surface area contributed by atoms with Gasteiger partial charge in [-0.2, -0.15) is 10.1 Å². The van der Waals surface area contributed by atoms with Gasteiger partial charge in [-0.3, -0.25) is 0 Å². The molecule has 0 aliphatic rings. The quantitative estimate of drug-likeness (QED) is 0.270. The van der Waals surface area contributed by atoms with E-state index in [4.69, 9.17) is 10.1 Å². The molecule has 0 fully saturated rings. The molecule has 0 saturated carbocycles. The molecular weight excluding hydrogens is 109 g/mol. The van der Waals surface area contributed by atoms with E-state index in [1.165, 1.54) is 0 Å². The molecule has 0 heterocycles. The highest BCUT2D eigenvalue weighted by molar-refractivity contribution is 6.54. The van der Waals surface area contributed by atoms with E-state index in [9.17, 15) is 0 Å². The van der Waals surface area contributed by atoms with Crippen LogP contribution < -0.4 is 5.34 Å². The van der Waals surface area contributed by atoms with Crippen LogP contribution >= 0.6 is 0 Å². The predicted molar refractivity (Wildman–Crippen MR) is 32.2 cm³/mol. The summed E-state index contributed by atoms with van der Waals surface area (Å²) in [5.41, 5.74) is 0. The lowest BCUT2D eigenvalue weighted by Crippen LogP contribution is -1.84. The third-order valence-corrected chi connectivity index (χ3v) is 0. The van der Waals surface area contributed by atoms with Crippen molar-refractivity contribution >= 4 is 14.1 Å². The van der Waals surface area contributed by atoms with Crippen molar-refractivity contribution in [2.24, 2.45) is 0 Å². The highest BCUT2D eigenvalue weighted by Gasteiger charge is 1.81. The van der Waals surface area contributed by atoms with Crippen LogP contribution in [0.5, 0.6) is 0 Å². The highest BCUT2D eigenvalue weighted by Crippen LogP contribution is 1.68. The molecule has 4 heteroatoms. The zero-order chi connectivity index (χ0) is 6.28. The third kappa shape index (κ3) is 20100. The average molecular weight is 118 g/mol. The molecule has 0 N–H and O–H groups in total. The fraction of sp³-hybridized carbons (Fsp3) is 1.00. The van der Waals surface area contributed by atoms with Gasteiger partial charge < -0.3 is 0 Å². The summed E-state index contributed by atoms with van der Waals surface area (Å²) in [6, 6.07) is 0. The van der Waals surface area contributed by atoms with Gasteiger partial charge in [-0.15, -0.1) is 17.4 Å². The number of hydrogen-bond acceptors (Lipinski definition) is 3. The Morgan fingerprint density at radius 1 is 1.43 bits per heavy atom. The molecule has 3 nitrogen and oxygen atoms in total. The molecule has 0 unspecified atom stereocenters. The largest absolute Gasteiger partial charge is 0.387 e. The smallest absolute Gasteiger partial charge is 0.194 e. The Labute approximate surface area is 47.7 Å². The molecule has 0 bridgehead atoms. The number of rotatable bonds is 0. The Morgan fingerprint density at radius 2 is 1.43 bits per heavy atom. The van der Waals surface area contributed by atoms with Crippen LogP contribution in [0.25, 0.3) is 0 Å². The summed E-state index contributed by atoms with van der Waals surface area (Å²) in [5, 5.41) is 9.00. The maximum absolute atomic E-state index is 8.00. The second-order valence-corrected chi connectivity index (χ2v) is 5.27. The minimum Gasteiger partial charge on any atom is -0.194 e. The van der Waals surface area contributed by atoms with E-state index in [1.54, 1.807) is 0 Å². The van der Waals surface area contributed by atoms with Crippen LogP contribution in [-0.2, 0) is 0 Å². The average Bonchev–Trinajstić information content (AvgIpc) is 1.33. The van der Waals surface area contributed by atoms with Crippen LogP contribution in [0, 0.1) is 10.1 Å². The first kappa shape index (κ1) is 10.0. The first-order chi connectivity index (χ1) is 3.15. The molecular formula is C3H9AlNO2. The van der Waals surface area contributed by atoms with Gasteiger partial charge in [0.2, 0.25) is 0 Å². The summed E-state index contributed by atoms with van der Waals surface area (Å²) in [4.78, 5) is 8.00. The molecule has 0 aromatic carbocycles. The first-order valence-corrected chi connectivity index (χ1v) is 5.56. The molecule has 0 aliphatic heterocycles. The molecule has 0 aromatic heterocycles. The SMILES string of the molecule is O=[N+][O-].[CH3][Al]([CH3])[CH3]. The van der Waals surface area contributed by atoms with Crippen molar-refractivity contribution < 1.29 is 0 Å². The van der Waals surface area contributed by atoms with Gasteiger partial charge in [-0.05, 0) is 0 Å². The lowest BCUT2D eigenvalue weighted by atomic mass is 11.8. The summed E-state index contributed by atoms with van der Waals surface area (Å²) >= 11 is -0.139. The van der Waals surface area contributed by atoms with Gasteiger partial charge in [0.15, 0.2) is 0 Å². The first-order valence-electron chi connectivity index (χ1n) is 2.10. The van der Waals surface area contributed by atoms with Crippen molar-refractivity contribution in [3.8, 4) is 0 Å². The summed E-state index contributed by atoms with van der Waals surface area (Å²) in [5.74, 6) is 6.92. The zero-order valence-electron chi connectivity index (χ0n) is 4.84. The van der Waals surface area contributed by atoms with Crippen LogP contribution in [0.15, 0.2) is 0 Å². The predicted octanol–water partition coefficient (Wildman–Crippen LogP) is 0.957. The molecule has 0 saturated heterocycles. The lowest BCUT2D eigenvalue weighted by Gasteiger charge is -1.67. The van der Waals surface area contributed by atoms with Gasteiger partial charge >= 0.3 is 5.34 Å². The van der Waals surface area contributed by atoms with Crippen molar-refractivity contribution in [2.45, 2.75) is 17.4 Å². The van der Waals surface area contributed by atoms with Crippen molar-refractivity contribution in [1.82, 2.24) is 5.34 Å². The standard InChI is InChI=1S/3CH3.Al.NO2/c;;;;2-1-3/h3*1H3;;. The summed E-state index contributed by atoms with van der Waals surface area (Å²) in [7, 11) is 0. The number of nitrogens with zero attached hydrogens (tertiary/aromatic N) is 1. The zero-order valence-corrected chi connectivity index (χ0v) is 6.00. The van der Waals surface area contributed by atoms with E-state index in [2.05, 4.69) is 17.4 Å². The summed E-state index contributed by atoms with van der Waals surface area (Å²) < 4.78 is 0. The Bertz CT molecular complexity index is 37.2. The normalized spacial score (nSPS) is 5.57. The van der Waals surface area contributed by atoms with Gasteiger partial charge in [-0.1, -0.05) is 0 Å². The maximum Gasteiger partial charge on any atom is 0.387 e. The molecule has 7 heavy (non-hydrogen) atoms. The topological polar surface area (TPSA) is 54.2 Å². The summed E-state index contributed by atoms with van der Waals surface area (Å²) in [6.07, 6.45) is 0. The van der Waals surface area contributed by atoms with E-state index in [0.717, 1.165) is 5.34 Å². The van der Waals surface area contributed by atoms with Crippen molar-refractivity contribution in [1.29, 1.82) is 0 Å². The van der Waals surface area contributed by atoms with Crippen LogP contribution in [0.2, 0.25) is 17.4 Å². The Balaban J connectivity index is 0. The molecule has 1 radical (unpaired) electrons. The molecule has 41 valence electrons. The van der Waals surface area contributed by atoms with Gasteiger partial charge in [-0.25, -0.2) is 0 Å². The Morgan fingerprint density at radius 3 is 1.43 bits per heavy atom. The van der Waals surface area contributed by atoms with Gasteiger partial charge in [0.25, 0.3) is 14.1 Å². The van der Waals surface area contributed by atoms with Crippen LogP contribution in [0.1, 0.15) is 0 Å². The second-order valence-electron chi connectivity index (χ2n) is 1.81. The molecule has 0 atom stereocenters. The lowest BCUT2D eigenvalue weighted by molar-refractivity contribution is 1.38. The minimum absolute atomic E-state index is 0.139. The van der Waals surface area contributed by atoms with E-state index < -0.39 is 0 Å². The molecule has 0 aliphatic carbocycles. The van der Waals surface area contributed by atoms with E-state index >= 15 is 0 Å². The summed E-state index contributed by atoms with van der Waals surface area (Å²) in [6.45, 7) is 0. The molecule has 0 rings (SSSR count).